The van der Waals surface area contributed by atoms with E-state index in [2.05, 4.69) is 31.2 Å². The summed E-state index contributed by atoms with van der Waals surface area (Å²) in [5.41, 5.74) is 5.48. The second-order valence-corrected chi connectivity index (χ2v) is 4.45. The minimum atomic E-state index is -0.194. The molecule has 4 N–H and O–H groups in total. The Kier molecular flexibility index (Phi) is 4.28. The van der Waals surface area contributed by atoms with Gasteiger partial charge in [-0.05, 0) is 36.2 Å². The molecule has 0 radical (unpaired) electrons. The monoisotopic (exact) mass is 274 g/mol. The first kappa shape index (κ1) is 12.2. The molecule has 0 aliphatic rings. The van der Waals surface area contributed by atoms with Crippen molar-refractivity contribution in [1.29, 1.82) is 0 Å². The lowest BCUT2D eigenvalue weighted by molar-refractivity contribution is 0.603. The Labute approximate surface area is 96.6 Å². The van der Waals surface area contributed by atoms with Gasteiger partial charge in [0, 0.05) is 12.1 Å². The molecule has 1 aromatic heterocycles. The van der Waals surface area contributed by atoms with Gasteiger partial charge in [0.25, 0.3) is 5.56 Å². The number of anilines is 1. The van der Waals surface area contributed by atoms with Gasteiger partial charge in [-0.15, -0.1) is 0 Å². The summed E-state index contributed by atoms with van der Waals surface area (Å²) in [6.45, 7) is 3.94. The molecule has 2 unspecified atom stereocenters. The Morgan fingerprint density at radius 1 is 1.67 bits per heavy atom. The maximum absolute atomic E-state index is 11.2. The highest BCUT2D eigenvalue weighted by Gasteiger charge is 2.09. The van der Waals surface area contributed by atoms with Crippen LogP contribution < -0.4 is 16.6 Å². The molecule has 0 aliphatic heterocycles. The van der Waals surface area contributed by atoms with E-state index < -0.39 is 0 Å². The van der Waals surface area contributed by atoms with Crippen LogP contribution >= 0.6 is 15.9 Å². The molecule has 0 fully saturated rings. The second kappa shape index (κ2) is 5.27. The first-order valence-corrected chi connectivity index (χ1v) is 5.55. The van der Waals surface area contributed by atoms with Gasteiger partial charge in [-0.3, -0.25) is 4.79 Å². The summed E-state index contributed by atoms with van der Waals surface area (Å²) in [5.74, 6) is 0.548. The average Bonchev–Trinajstić information content (AvgIpc) is 2.11. The van der Waals surface area contributed by atoms with Gasteiger partial charge < -0.3 is 16.0 Å². The van der Waals surface area contributed by atoms with Crippen LogP contribution in [-0.2, 0) is 0 Å². The van der Waals surface area contributed by atoms with Crippen LogP contribution in [0.25, 0.3) is 0 Å². The number of hydrogen-bond donors (Lipinski definition) is 3. The zero-order valence-corrected chi connectivity index (χ0v) is 10.3. The van der Waals surface area contributed by atoms with E-state index in [1.165, 1.54) is 6.33 Å². The van der Waals surface area contributed by atoms with Crippen LogP contribution in [0.1, 0.15) is 20.3 Å². The molecule has 1 rings (SSSR count). The molecule has 2 atom stereocenters. The Morgan fingerprint density at radius 3 is 2.93 bits per heavy atom. The van der Waals surface area contributed by atoms with Crippen LogP contribution in [0.4, 0.5) is 5.82 Å². The Balaban J connectivity index is 2.72. The fourth-order valence-corrected chi connectivity index (χ4v) is 1.66. The number of halogens is 1. The molecule has 0 aliphatic carbocycles. The maximum Gasteiger partial charge on any atom is 0.267 e. The summed E-state index contributed by atoms with van der Waals surface area (Å²) in [6.07, 6.45) is 2.19. The number of aromatic amines is 1. The standard InChI is InChI=1S/C9H15BrN4O/c1-5(11)3-6(2)14-8-7(10)9(15)13-4-12-8/h4-6H,3,11H2,1-2H3,(H2,12,13,14,15). The highest BCUT2D eigenvalue weighted by atomic mass is 79.9. The first-order valence-electron chi connectivity index (χ1n) is 4.76. The number of rotatable bonds is 4. The van der Waals surface area contributed by atoms with Gasteiger partial charge in [-0.2, -0.15) is 0 Å². The zero-order valence-electron chi connectivity index (χ0n) is 8.75. The maximum atomic E-state index is 11.2. The van der Waals surface area contributed by atoms with Crippen molar-refractivity contribution in [2.24, 2.45) is 5.73 Å². The van der Waals surface area contributed by atoms with E-state index in [-0.39, 0.29) is 17.6 Å². The fourth-order valence-electron chi connectivity index (χ4n) is 1.33. The predicted octanol–water partition coefficient (Wildman–Crippen LogP) is 1.07. The number of nitrogens with one attached hydrogen (secondary N) is 2. The van der Waals surface area contributed by atoms with Crippen molar-refractivity contribution in [2.75, 3.05) is 5.32 Å². The molecule has 0 saturated heterocycles. The quantitative estimate of drug-likeness (QED) is 0.767. The fraction of sp³-hybridized carbons (Fsp3) is 0.556. The molecule has 1 aromatic rings. The van der Waals surface area contributed by atoms with Crippen LogP contribution in [0.3, 0.4) is 0 Å². The molecule has 0 saturated carbocycles. The van der Waals surface area contributed by atoms with Crippen molar-refractivity contribution in [3.8, 4) is 0 Å². The van der Waals surface area contributed by atoms with Crippen LogP contribution in [-0.4, -0.2) is 22.1 Å². The number of aromatic nitrogens is 2. The Morgan fingerprint density at radius 2 is 2.33 bits per heavy atom. The van der Waals surface area contributed by atoms with Crippen LogP contribution in [0, 0.1) is 0 Å². The Bertz CT molecular complexity index is 377. The van der Waals surface area contributed by atoms with Crippen molar-refractivity contribution in [3.63, 3.8) is 0 Å². The van der Waals surface area contributed by atoms with Crippen molar-refractivity contribution >= 4 is 21.7 Å². The van der Waals surface area contributed by atoms with E-state index in [4.69, 9.17) is 5.73 Å². The van der Waals surface area contributed by atoms with Gasteiger partial charge in [-0.1, -0.05) is 0 Å². The number of nitrogens with zero attached hydrogens (tertiary/aromatic N) is 1. The van der Waals surface area contributed by atoms with E-state index >= 15 is 0 Å². The molecular formula is C9H15BrN4O. The van der Waals surface area contributed by atoms with E-state index in [9.17, 15) is 4.79 Å². The summed E-state index contributed by atoms with van der Waals surface area (Å²) in [5, 5.41) is 3.12. The van der Waals surface area contributed by atoms with Gasteiger partial charge in [0.15, 0.2) is 0 Å². The summed E-state index contributed by atoms with van der Waals surface area (Å²) in [7, 11) is 0. The summed E-state index contributed by atoms with van der Waals surface area (Å²) >= 11 is 3.17. The van der Waals surface area contributed by atoms with E-state index in [1.54, 1.807) is 0 Å². The molecule has 0 amide bonds. The summed E-state index contributed by atoms with van der Waals surface area (Å²) in [4.78, 5) is 17.7. The van der Waals surface area contributed by atoms with Gasteiger partial charge in [0.2, 0.25) is 0 Å². The third-order valence-corrected chi connectivity index (χ3v) is 2.64. The molecule has 0 spiro atoms. The topological polar surface area (TPSA) is 83.8 Å². The summed E-state index contributed by atoms with van der Waals surface area (Å²) in [6, 6.07) is 0.295. The third kappa shape index (κ3) is 3.64. The van der Waals surface area contributed by atoms with E-state index in [1.807, 2.05) is 13.8 Å². The van der Waals surface area contributed by atoms with Gasteiger partial charge in [0.05, 0.1) is 6.33 Å². The zero-order chi connectivity index (χ0) is 11.4. The van der Waals surface area contributed by atoms with Gasteiger partial charge in [-0.25, -0.2) is 4.98 Å². The second-order valence-electron chi connectivity index (χ2n) is 3.65. The lowest BCUT2D eigenvalue weighted by Crippen LogP contribution is -2.27. The van der Waals surface area contributed by atoms with Crippen molar-refractivity contribution in [2.45, 2.75) is 32.4 Å². The number of hydrogen-bond acceptors (Lipinski definition) is 4. The molecule has 1 heterocycles. The minimum Gasteiger partial charge on any atom is -0.366 e. The van der Waals surface area contributed by atoms with Crippen molar-refractivity contribution < 1.29 is 0 Å². The molecule has 15 heavy (non-hydrogen) atoms. The average molecular weight is 275 g/mol. The number of H-pyrrole nitrogens is 1. The van der Waals surface area contributed by atoms with Gasteiger partial charge >= 0.3 is 0 Å². The van der Waals surface area contributed by atoms with Crippen molar-refractivity contribution in [3.05, 3.63) is 21.2 Å². The van der Waals surface area contributed by atoms with Crippen LogP contribution in [0.15, 0.2) is 15.6 Å². The normalized spacial score (nSPS) is 14.7. The molecule has 0 aromatic carbocycles. The third-order valence-electron chi connectivity index (χ3n) is 1.91. The molecule has 0 bridgehead atoms. The van der Waals surface area contributed by atoms with Gasteiger partial charge in [0.1, 0.15) is 10.3 Å². The lowest BCUT2D eigenvalue weighted by atomic mass is 10.1. The van der Waals surface area contributed by atoms with Crippen LogP contribution in [0.5, 0.6) is 0 Å². The molecule has 5 nitrogen and oxygen atoms in total. The number of nitrogens with two attached hydrogens (primary N) is 1. The highest BCUT2D eigenvalue weighted by Crippen LogP contribution is 2.15. The lowest BCUT2D eigenvalue weighted by Gasteiger charge is -2.16. The minimum absolute atomic E-state index is 0.119. The van der Waals surface area contributed by atoms with E-state index in [0.29, 0.717) is 10.3 Å². The molecule has 6 heteroatoms. The summed E-state index contributed by atoms with van der Waals surface area (Å²) < 4.78 is 0.418. The predicted molar refractivity (Wildman–Crippen MR) is 63.9 cm³/mol. The smallest absolute Gasteiger partial charge is 0.267 e. The Hall–Kier alpha value is -0.880. The molecule has 84 valence electrons. The molecular weight excluding hydrogens is 260 g/mol. The first-order chi connectivity index (χ1) is 7.00. The van der Waals surface area contributed by atoms with Crippen molar-refractivity contribution in [1.82, 2.24) is 9.97 Å². The largest absolute Gasteiger partial charge is 0.366 e. The van der Waals surface area contributed by atoms with Crippen LogP contribution in [0.2, 0.25) is 0 Å². The van der Waals surface area contributed by atoms with E-state index in [0.717, 1.165) is 6.42 Å². The SMILES string of the molecule is CC(N)CC(C)Nc1nc[nH]c(=O)c1Br. The highest BCUT2D eigenvalue weighted by molar-refractivity contribution is 9.10.